The Kier molecular flexibility index (Phi) is 4.10. The van der Waals surface area contributed by atoms with Crippen molar-refractivity contribution in [1.82, 2.24) is 14.9 Å². The zero-order chi connectivity index (χ0) is 13.2. The molecule has 0 amide bonds. The number of hydrogen-bond acceptors (Lipinski definition) is 2. The van der Waals surface area contributed by atoms with E-state index in [4.69, 9.17) is 0 Å². The molecule has 1 aromatic rings. The molecule has 1 saturated heterocycles. The van der Waals surface area contributed by atoms with Crippen molar-refractivity contribution in [3.63, 3.8) is 0 Å². The molecule has 0 radical (unpaired) electrons. The van der Waals surface area contributed by atoms with Gasteiger partial charge in [-0.25, -0.2) is 4.98 Å². The van der Waals surface area contributed by atoms with Gasteiger partial charge in [-0.05, 0) is 45.6 Å². The molecule has 18 heavy (non-hydrogen) atoms. The minimum Gasteiger partial charge on any atom is -0.332 e. The van der Waals surface area contributed by atoms with Crippen molar-refractivity contribution in [1.29, 1.82) is 0 Å². The molecule has 2 rings (SSSR count). The highest BCUT2D eigenvalue weighted by molar-refractivity contribution is 5.09. The minimum absolute atomic E-state index is 0.306. The Balaban J connectivity index is 2.16. The highest BCUT2D eigenvalue weighted by Gasteiger charge is 2.35. The van der Waals surface area contributed by atoms with Gasteiger partial charge in [0.15, 0.2) is 0 Å². The van der Waals surface area contributed by atoms with Crippen molar-refractivity contribution >= 4 is 0 Å². The number of rotatable bonds is 5. The van der Waals surface area contributed by atoms with Crippen molar-refractivity contribution in [2.75, 3.05) is 6.54 Å². The molecule has 1 aliphatic heterocycles. The lowest BCUT2D eigenvalue weighted by Crippen LogP contribution is -2.43. The molecule has 3 nitrogen and oxygen atoms in total. The Bertz CT molecular complexity index is 373. The maximum atomic E-state index is 4.33. The topological polar surface area (TPSA) is 29.9 Å². The molecule has 3 heteroatoms. The van der Waals surface area contributed by atoms with E-state index in [0.717, 1.165) is 12.3 Å². The van der Waals surface area contributed by atoms with E-state index in [1.165, 1.54) is 31.5 Å². The van der Waals surface area contributed by atoms with Crippen LogP contribution in [0.4, 0.5) is 0 Å². The van der Waals surface area contributed by atoms with Crippen LogP contribution in [0.25, 0.3) is 0 Å². The third-order valence-corrected chi connectivity index (χ3v) is 3.95. The lowest BCUT2D eigenvalue weighted by Gasteiger charge is -2.32. The third kappa shape index (κ3) is 2.94. The van der Waals surface area contributed by atoms with Crippen LogP contribution < -0.4 is 5.32 Å². The Morgan fingerprint density at radius 3 is 2.72 bits per heavy atom. The molecule has 1 N–H and O–H groups in total. The van der Waals surface area contributed by atoms with Gasteiger partial charge in [0.25, 0.3) is 0 Å². The second-order valence-corrected chi connectivity index (χ2v) is 6.47. The van der Waals surface area contributed by atoms with Crippen LogP contribution in [0, 0.1) is 5.92 Å². The van der Waals surface area contributed by atoms with Gasteiger partial charge in [0.2, 0.25) is 0 Å². The average molecular weight is 249 g/mol. The first-order chi connectivity index (χ1) is 8.52. The van der Waals surface area contributed by atoms with Crippen LogP contribution in [0.5, 0.6) is 0 Å². The quantitative estimate of drug-likeness (QED) is 0.868. The molecule has 0 spiro atoms. The Morgan fingerprint density at radius 1 is 1.39 bits per heavy atom. The maximum Gasteiger partial charge on any atom is 0.0950 e. The van der Waals surface area contributed by atoms with E-state index < -0.39 is 0 Å². The van der Waals surface area contributed by atoms with Crippen LogP contribution in [0.15, 0.2) is 12.5 Å². The van der Waals surface area contributed by atoms with Crippen LogP contribution in [0.1, 0.15) is 58.7 Å². The monoisotopic (exact) mass is 249 g/mol. The summed E-state index contributed by atoms with van der Waals surface area (Å²) < 4.78 is 2.31. The average Bonchev–Trinajstić information content (AvgIpc) is 2.87. The fourth-order valence-electron chi connectivity index (χ4n) is 3.33. The standard InChI is InChI=1S/C15H27N3/c1-12(2)8-15(6-5-7-17-15)9-14-10-16-11-18(14)13(3)4/h10-13,17H,5-9H2,1-4H3. The summed E-state index contributed by atoms with van der Waals surface area (Å²) in [6, 6.07) is 0.500. The van der Waals surface area contributed by atoms with Crippen LogP contribution >= 0.6 is 0 Å². The fourth-order valence-corrected chi connectivity index (χ4v) is 3.33. The summed E-state index contributed by atoms with van der Waals surface area (Å²) >= 11 is 0. The van der Waals surface area contributed by atoms with E-state index in [2.05, 4.69) is 42.6 Å². The smallest absolute Gasteiger partial charge is 0.0950 e. The lowest BCUT2D eigenvalue weighted by atomic mass is 9.83. The van der Waals surface area contributed by atoms with E-state index in [1.54, 1.807) is 0 Å². The van der Waals surface area contributed by atoms with Gasteiger partial charge in [0.05, 0.1) is 6.33 Å². The highest BCUT2D eigenvalue weighted by Crippen LogP contribution is 2.31. The van der Waals surface area contributed by atoms with Gasteiger partial charge >= 0.3 is 0 Å². The Hall–Kier alpha value is -0.830. The molecule has 2 heterocycles. The van der Waals surface area contributed by atoms with Gasteiger partial charge in [-0.2, -0.15) is 0 Å². The molecular formula is C15H27N3. The van der Waals surface area contributed by atoms with E-state index >= 15 is 0 Å². The fraction of sp³-hybridized carbons (Fsp3) is 0.800. The van der Waals surface area contributed by atoms with Crippen LogP contribution in [-0.2, 0) is 6.42 Å². The normalized spacial score (nSPS) is 24.3. The third-order valence-electron chi connectivity index (χ3n) is 3.95. The summed E-state index contributed by atoms with van der Waals surface area (Å²) in [7, 11) is 0. The first-order valence-corrected chi connectivity index (χ1v) is 7.28. The van der Waals surface area contributed by atoms with Crippen molar-refractivity contribution in [3.05, 3.63) is 18.2 Å². The second-order valence-electron chi connectivity index (χ2n) is 6.47. The number of nitrogens with zero attached hydrogens (tertiary/aromatic N) is 2. The summed E-state index contributed by atoms with van der Waals surface area (Å²) in [6.07, 6.45) is 9.00. The van der Waals surface area contributed by atoms with Crippen molar-refractivity contribution in [2.24, 2.45) is 5.92 Å². The Labute approximate surface area is 111 Å². The summed E-state index contributed by atoms with van der Waals surface area (Å²) in [5.74, 6) is 0.742. The molecule has 1 unspecified atom stereocenters. The number of nitrogens with one attached hydrogen (secondary N) is 1. The van der Waals surface area contributed by atoms with Crippen molar-refractivity contribution in [3.8, 4) is 0 Å². The molecule has 0 aromatic carbocycles. The number of imidazole rings is 1. The van der Waals surface area contributed by atoms with E-state index in [9.17, 15) is 0 Å². The molecule has 102 valence electrons. The first-order valence-electron chi connectivity index (χ1n) is 7.28. The molecule has 0 aliphatic carbocycles. The van der Waals surface area contributed by atoms with Crippen molar-refractivity contribution in [2.45, 2.75) is 65.0 Å². The molecular weight excluding hydrogens is 222 g/mol. The SMILES string of the molecule is CC(C)CC1(Cc2cncn2C(C)C)CCCN1. The van der Waals surface area contributed by atoms with Gasteiger partial charge in [0.1, 0.15) is 0 Å². The second kappa shape index (κ2) is 5.43. The molecule has 0 saturated carbocycles. The number of hydrogen-bond donors (Lipinski definition) is 1. The van der Waals surface area contributed by atoms with E-state index in [-0.39, 0.29) is 0 Å². The predicted molar refractivity (Wildman–Crippen MR) is 75.7 cm³/mol. The lowest BCUT2D eigenvalue weighted by molar-refractivity contribution is 0.295. The van der Waals surface area contributed by atoms with Gasteiger partial charge in [-0.3, -0.25) is 0 Å². The molecule has 1 fully saturated rings. The van der Waals surface area contributed by atoms with Crippen molar-refractivity contribution < 1.29 is 0 Å². The van der Waals surface area contributed by atoms with Gasteiger partial charge in [-0.15, -0.1) is 0 Å². The maximum absolute atomic E-state index is 4.33. The van der Waals surface area contributed by atoms with Crippen LogP contribution in [-0.4, -0.2) is 21.6 Å². The first kappa shape index (κ1) is 13.6. The van der Waals surface area contributed by atoms with Gasteiger partial charge in [0, 0.05) is 29.9 Å². The molecule has 0 bridgehead atoms. The summed E-state index contributed by atoms with van der Waals surface area (Å²) in [4.78, 5) is 4.33. The Morgan fingerprint density at radius 2 is 2.17 bits per heavy atom. The van der Waals surface area contributed by atoms with Gasteiger partial charge < -0.3 is 9.88 Å². The van der Waals surface area contributed by atoms with E-state index in [0.29, 0.717) is 11.6 Å². The van der Waals surface area contributed by atoms with Crippen LogP contribution in [0.2, 0.25) is 0 Å². The largest absolute Gasteiger partial charge is 0.332 e. The van der Waals surface area contributed by atoms with E-state index in [1.807, 2.05) is 12.5 Å². The zero-order valence-electron chi connectivity index (χ0n) is 12.2. The summed E-state index contributed by atoms with van der Waals surface area (Å²) in [5.41, 5.74) is 1.68. The number of aromatic nitrogens is 2. The summed E-state index contributed by atoms with van der Waals surface area (Å²) in [6.45, 7) is 10.3. The predicted octanol–water partition coefficient (Wildman–Crippen LogP) is 3.17. The molecule has 1 aliphatic rings. The molecule has 1 atom stereocenters. The highest BCUT2D eigenvalue weighted by atomic mass is 15.1. The summed E-state index contributed by atoms with van der Waals surface area (Å²) in [5, 5.41) is 3.76. The van der Waals surface area contributed by atoms with Crippen LogP contribution in [0.3, 0.4) is 0 Å². The zero-order valence-corrected chi connectivity index (χ0v) is 12.2. The minimum atomic E-state index is 0.306. The van der Waals surface area contributed by atoms with Gasteiger partial charge in [-0.1, -0.05) is 13.8 Å². The molecule has 1 aromatic heterocycles.